The predicted molar refractivity (Wildman–Crippen MR) is 103 cm³/mol. The van der Waals surface area contributed by atoms with Crippen LogP contribution in [0.3, 0.4) is 0 Å². The zero-order valence-electron chi connectivity index (χ0n) is 14.4. The molecule has 0 saturated carbocycles. The molecule has 3 aromatic carbocycles. The Balaban J connectivity index is 1.71. The highest BCUT2D eigenvalue weighted by Crippen LogP contribution is 2.48. The van der Waals surface area contributed by atoms with Crippen LogP contribution in [0.2, 0.25) is 0 Å². The summed E-state index contributed by atoms with van der Waals surface area (Å²) in [5, 5.41) is 0. The van der Waals surface area contributed by atoms with Crippen LogP contribution < -0.4 is 0 Å². The lowest BCUT2D eigenvalue weighted by atomic mass is 9.75. The Hall–Kier alpha value is -3.13. The molecule has 126 valence electrons. The number of aryl methyl sites for hydroxylation is 1. The van der Waals surface area contributed by atoms with Gasteiger partial charge in [-0.25, -0.2) is 4.98 Å². The van der Waals surface area contributed by atoms with E-state index in [1.54, 1.807) is 6.26 Å². The number of benzene rings is 3. The molecule has 1 heterocycles. The number of rotatable bonds is 3. The Kier molecular flexibility index (Phi) is 3.49. The minimum absolute atomic E-state index is 0.315. The van der Waals surface area contributed by atoms with Crippen LogP contribution in [-0.4, -0.2) is 4.98 Å². The van der Waals surface area contributed by atoms with Crippen molar-refractivity contribution in [2.75, 3.05) is 0 Å². The maximum absolute atomic E-state index is 6.11. The largest absolute Gasteiger partial charge is 0.447 e. The van der Waals surface area contributed by atoms with Gasteiger partial charge in [-0.1, -0.05) is 84.9 Å². The molecule has 0 fully saturated rings. The maximum atomic E-state index is 6.11. The molecule has 2 nitrogen and oxygen atoms in total. The average Bonchev–Trinajstić information content (AvgIpc) is 3.35. The fraction of sp³-hybridized carbons (Fsp3) is 0.125. The van der Waals surface area contributed by atoms with Crippen LogP contribution in [0.15, 0.2) is 95.6 Å². The van der Waals surface area contributed by atoms with Crippen LogP contribution in [0.1, 0.15) is 29.0 Å². The van der Waals surface area contributed by atoms with Crippen molar-refractivity contribution in [2.45, 2.75) is 18.3 Å². The molecule has 0 N–H and O–H groups in total. The summed E-state index contributed by atoms with van der Waals surface area (Å²) in [6.45, 7) is 0. The summed E-state index contributed by atoms with van der Waals surface area (Å²) in [4.78, 5) is 4.94. The van der Waals surface area contributed by atoms with E-state index >= 15 is 0 Å². The quantitative estimate of drug-likeness (QED) is 0.485. The minimum atomic E-state index is -0.315. The first-order chi connectivity index (χ1) is 12.9. The molecular weight excluding hydrogens is 318 g/mol. The van der Waals surface area contributed by atoms with Crippen LogP contribution in [-0.2, 0) is 11.8 Å². The Morgan fingerprint density at radius 2 is 1.46 bits per heavy atom. The fourth-order valence-corrected chi connectivity index (χ4v) is 4.19. The predicted octanol–water partition coefficient (Wildman–Crippen LogP) is 5.62. The molecule has 1 aliphatic rings. The lowest BCUT2D eigenvalue weighted by Gasteiger charge is -2.27. The van der Waals surface area contributed by atoms with Crippen LogP contribution in [0.5, 0.6) is 0 Å². The smallest absolute Gasteiger partial charge is 0.209 e. The van der Waals surface area contributed by atoms with E-state index in [4.69, 9.17) is 9.40 Å². The third-order valence-electron chi connectivity index (χ3n) is 5.45. The molecule has 0 spiro atoms. The lowest BCUT2D eigenvalue weighted by Crippen LogP contribution is -2.26. The highest BCUT2D eigenvalue weighted by Gasteiger charge is 2.45. The second kappa shape index (κ2) is 5.99. The molecule has 0 bridgehead atoms. The zero-order chi connectivity index (χ0) is 17.4. The first kappa shape index (κ1) is 15.2. The number of nitrogens with zero attached hydrogens (tertiary/aromatic N) is 1. The lowest BCUT2D eigenvalue weighted by molar-refractivity contribution is 0.409. The minimum Gasteiger partial charge on any atom is -0.447 e. The van der Waals surface area contributed by atoms with Gasteiger partial charge in [-0.3, -0.25) is 0 Å². The van der Waals surface area contributed by atoms with E-state index in [0.717, 1.165) is 30.0 Å². The summed E-state index contributed by atoms with van der Waals surface area (Å²) in [5.41, 5.74) is 5.59. The van der Waals surface area contributed by atoms with E-state index in [1.807, 2.05) is 18.2 Å². The van der Waals surface area contributed by atoms with Crippen LogP contribution in [0, 0.1) is 0 Å². The number of hydrogen-bond acceptors (Lipinski definition) is 2. The van der Waals surface area contributed by atoms with Gasteiger partial charge in [-0.2, -0.15) is 0 Å². The van der Waals surface area contributed by atoms with Crippen molar-refractivity contribution in [1.29, 1.82) is 0 Å². The van der Waals surface area contributed by atoms with E-state index in [-0.39, 0.29) is 5.41 Å². The fourth-order valence-electron chi connectivity index (χ4n) is 4.19. The number of hydrogen-bond donors (Lipinski definition) is 0. The van der Waals surface area contributed by atoms with Crippen molar-refractivity contribution >= 4 is 0 Å². The van der Waals surface area contributed by atoms with Gasteiger partial charge in [0.25, 0.3) is 0 Å². The monoisotopic (exact) mass is 337 g/mol. The molecule has 1 unspecified atom stereocenters. The zero-order valence-corrected chi connectivity index (χ0v) is 14.4. The number of oxazole rings is 1. The van der Waals surface area contributed by atoms with E-state index in [9.17, 15) is 0 Å². The van der Waals surface area contributed by atoms with Gasteiger partial charge < -0.3 is 4.42 Å². The topological polar surface area (TPSA) is 26.0 Å². The molecule has 1 aliphatic carbocycles. The summed E-state index contributed by atoms with van der Waals surface area (Å²) < 4.78 is 6.11. The molecule has 0 aliphatic heterocycles. The van der Waals surface area contributed by atoms with Gasteiger partial charge >= 0.3 is 0 Å². The van der Waals surface area contributed by atoms with Crippen molar-refractivity contribution in [3.05, 3.63) is 114 Å². The van der Waals surface area contributed by atoms with E-state index in [2.05, 4.69) is 66.7 Å². The summed E-state index contributed by atoms with van der Waals surface area (Å²) in [5.74, 6) is 0.785. The number of aromatic nitrogens is 1. The maximum Gasteiger partial charge on any atom is 0.209 e. The van der Waals surface area contributed by atoms with E-state index in [1.165, 1.54) is 16.7 Å². The van der Waals surface area contributed by atoms with Crippen molar-refractivity contribution in [3.8, 4) is 11.3 Å². The Labute approximate surface area is 153 Å². The van der Waals surface area contributed by atoms with E-state index in [0.29, 0.717) is 0 Å². The van der Waals surface area contributed by atoms with Crippen LogP contribution in [0.25, 0.3) is 11.3 Å². The molecule has 1 atom stereocenters. The van der Waals surface area contributed by atoms with Gasteiger partial charge in [0.05, 0.1) is 5.41 Å². The third kappa shape index (κ3) is 2.22. The van der Waals surface area contributed by atoms with Gasteiger partial charge in [0.15, 0.2) is 0 Å². The second-order valence-electron chi connectivity index (χ2n) is 6.83. The first-order valence-electron chi connectivity index (χ1n) is 9.03. The van der Waals surface area contributed by atoms with Crippen LogP contribution >= 0.6 is 0 Å². The van der Waals surface area contributed by atoms with Crippen molar-refractivity contribution in [2.24, 2.45) is 0 Å². The van der Waals surface area contributed by atoms with Gasteiger partial charge in [-0.15, -0.1) is 0 Å². The normalized spacial score (nSPS) is 18.6. The molecule has 4 aromatic rings. The molecule has 2 heteroatoms. The van der Waals surface area contributed by atoms with Gasteiger partial charge in [0.2, 0.25) is 5.89 Å². The summed E-state index contributed by atoms with van der Waals surface area (Å²) in [7, 11) is 0. The summed E-state index contributed by atoms with van der Waals surface area (Å²) in [6, 6.07) is 29.5. The molecule has 26 heavy (non-hydrogen) atoms. The molecule has 5 rings (SSSR count). The molecular formula is C24H19NO. The summed E-state index contributed by atoms with van der Waals surface area (Å²) >= 11 is 0. The third-order valence-corrected chi connectivity index (χ3v) is 5.45. The first-order valence-corrected chi connectivity index (χ1v) is 9.03. The van der Waals surface area contributed by atoms with Crippen molar-refractivity contribution in [3.63, 3.8) is 0 Å². The van der Waals surface area contributed by atoms with Gasteiger partial charge in [0.1, 0.15) is 12.0 Å². The Morgan fingerprint density at radius 1 is 0.769 bits per heavy atom. The second-order valence-corrected chi connectivity index (χ2v) is 6.83. The number of fused-ring (bicyclic) bond motifs is 1. The SMILES string of the molecule is c1ccc(-c2coc(C3(c4ccccc4)CCc4ccccc43)n2)cc1. The Bertz CT molecular complexity index is 1040. The molecule has 0 saturated heterocycles. The van der Waals surface area contributed by atoms with Crippen molar-refractivity contribution < 1.29 is 4.42 Å². The van der Waals surface area contributed by atoms with Crippen LogP contribution in [0.4, 0.5) is 0 Å². The van der Waals surface area contributed by atoms with E-state index < -0.39 is 0 Å². The Morgan fingerprint density at radius 3 is 2.27 bits per heavy atom. The van der Waals surface area contributed by atoms with Gasteiger partial charge in [-0.05, 0) is 29.5 Å². The highest BCUT2D eigenvalue weighted by atomic mass is 16.3. The standard InChI is InChI=1S/C24H19NO/c1-3-10-19(11-4-1)22-17-26-23(25-22)24(20-12-5-2-6-13-20)16-15-18-9-7-8-14-21(18)24/h1-14,17H,15-16H2. The summed E-state index contributed by atoms with van der Waals surface area (Å²) in [6.07, 6.45) is 3.80. The molecule has 0 amide bonds. The van der Waals surface area contributed by atoms with Crippen molar-refractivity contribution in [1.82, 2.24) is 4.98 Å². The molecule has 0 radical (unpaired) electrons. The molecule has 1 aromatic heterocycles. The highest BCUT2D eigenvalue weighted by molar-refractivity contribution is 5.59. The van der Waals surface area contributed by atoms with Gasteiger partial charge in [0, 0.05) is 5.56 Å². The average molecular weight is 337 g/mol.